The van der Waals surface area contributed by atoms with E-state index < -0.39 is 12.0 Å². The fraction of sp³-hybridized carbons (Fsp3) is 0.562. The van der Waals surface area contributed by atoms with Crippen LogP contribution >= 0.6 is 0 Å². The fourth-order valence-electron chi connectivity index (χ4n) is 2.99. The van der Waals surface area contributed by atoms with Crippen molar-refractivity contribution in [2.24, 2.45) is 5.92 Å². The lowest BCUT2D eigenvalue weighted by atomic mass is 9.99. The van der Waals surface area contributed by atoms with Crippen LogP contribution < -0.4 is 19.7 Å². The molecule has 122 valence electrons. The van der Waals surface area contributed by atoms with E-state index in [1.54, 1.807) is 14.2 Å². The molecule has 1 aromatic rings. The number of nitrogens with zero attached hydrogens (tertiary/aromatic N) is 1. The van der Waals surface area contributed by atoms with Crippen LogP contribution in [0.4, 0.5) is 5.69 Å². The molecular formula is C16H24N2O4. The summed E-state index contributed by atoms with van der Waals surface area (Å²) in [6.45, 7) is 4.15. The van der Waals surface area contributed by atoms with Crippen molar-refractivity contribution < 1.29 is 19.4 Å². The molecule has 1 heterocycles. The molecule has 1 saturated heterocycles. The van der Waals surface area contributed by atoms with Crippen molar-refractivity contribution >= 4 is 11.7 Å². The summed E-state index contributed by atoms with van der Waals surface area (Å²) in [5, 5.41) is 12.4. The van der Waals surface area contributed by atoms with Gasteiger partial charge in [-0.2, -0.15) is 0 Å². The summed E-state index contributed by atoms with van der Waals surface area (Å²) in [6.07, 6.45) is 0.859. The predicted molar refractivity (Wildman–Crippen MR) is 85.0 cm³/mol. The molecule has 1 fully saturated rings. The Morgan fingerprint density at radius 3 is 2.73 bits per heavy atom. The third-order valence-corrected chi connectivity index (χ3v) is 4.12. The molecule has 22 heavy (non-hydrogen) atoms. The summed E-state index contributed by atoms with van der Waals surface area (Å²) >= 11 is 0. The molecule has 0 radical (unpaired) electrons. The lowest BCUT2D eigenvalue weighted by Crippen LogP contribution is -2.43. The number of rotatable bonds is 7. The fourth-order valence-corrected chi connectivity index (χ4v) is 2.99. The van der Waals surface area contributed by atoms with Gasteiger partial charge in [0.15, 0.2) is 11.5 Å². The zero-order valence-electron chi connectivity index (χ0n) is 13.3. The monoisotopic (exact) mass is 308 g/mol. The molecular weight excluding hydrogens is 284 g/mol. The molecule has 2 unspecified atom stereocenters. The maximum atomic E-state index is 11.4. The highest BCUT2D eigenvalue weighted by atomic mass is 16.5. The maximum absolute atomic E-state index is 11.4. The van der Waals surface area contributed by atoms with Gasteiger partial charge >= 0.3 is 5.97 Å². The average molecular weight is 308 g/mol. The Bertz CT molecular complexity index is 521. The number of ether oxygens (including phenoxy) is 2. The number of anilines is 1. The average Bonchev–Trinajstić information content (AvgIpc) is 3.01. The Hall–Kier alpha value is -1.95. The second kappa shape index (κ2) is 7.35. The molecule has 2 rings (SSSR count). The second-order valence-corrected chi connectivity index (χ2v) is 5.41. The number of carboxylic acid groups (broad SMARTS) is 1. The molecule has 0 saturated carbocycles. The normalized spacial score (nSPS) is 19.0. The Labute approximate surface area is 131 Å². The number of hydrogen-bond donors (Lipinski definition) is 2. The summed E-state index contributed by atoms with van der Waals surface area (Å²) in [5.74, 6) is 0.703. The van der Waals surface area contributed by atoms with Crippen LogP contribution in [-0.2, 0) is 4.79 Å². The maximum Gasteiger partial charge on any atom is 0.321 e. The summed E-state index contributed by atoms with van der Waals surface area (Å²) in [4.78, 5) is 13.6. The predicted octanol–water partition coefficient (Wildman–Crippen LogP) is 1.59. The molecule has 0 amide bonds. The van der Waals surface area contributed by atoms with E-state index in [4.69, 9.17) is 9.47 Å². The van der Waals surface area contributed by atoms with E-state index in [1.165, 1.54) is 0 Å². The standard InChI is InChI=1S/C16H24N2O4/c1-4-17-15(16(19)20)11-7-8-18(10-11)12-5-6-13(21-2)14(9-12)22-3/h5-6,9,11,15,17H,4,7-8,10H2,1-3H3,(H,19,20). The van der Waals surface area contributed by atoms with Gasteiger partial charge in [-0.05, 0) is 25.1 Å². The van der Waals surface area contributed by atoms with E-state index in [9.17, 15) is 9.90 Å². The molecule has 0 aromatic heterocycles. The summed E-state index contributed by atoms with van der Waals surface area (Å²) in [7, 11) is 3.22. The number of hydrogen-bond acceptors (Lipinski definition) is 5. The first-order valence-electron chi connectivity index (χ1n) is 7.53. The number of carbonyl (C=O) groups is 1. The van der Waals surface area contributed by atoms with Crippen LogP contribution in [0.5, 0.6) is 11.5 Å². The van der Waals surface area contributed by atoms with E-state index in [2.05, 4.69) is 10.2 Å². The van der Waals surface area contributed by atoms with E-state index in [0.717, 1.165) is 25.2 Å². The molecule has 2 N–H and O–H groups in total. The van der Waals surface area contributed by atoms with Gasteiger partial charge in [0.05, 0.1) is 14.2 Å². The van der Waals surface area contributed by atoms with Crippen molar-refractivity contribution in [1.29, 1.82) is 0 Å². The molecule has 1 aromatic carbocycles. The van der Waals surface area contributed by atoms with Gasteiger partial charge in [0.2, 0.25) is 0 Å². The van der Waals surface area contributed by atoms with Crippen LogP contribution in [-0.4, -0.2) is 51.0 Å². The first kappa shape index (κ1) is 16.4. The van der Waals surface area contributed by atoms with Crippen LogP contribution in [0.1, 0.15) is 13.3 Å². The van der Waals surface area contributed by atoms with Gasteiger partial charge in [-0.15, -0.1) is 0 Å². The van der Waals surface area contributed by atoms with Crippen LogP contribution in [0.2, 0.25) is 0 Å². The van der Waals surface area contributed by atoms with Gasteiger partial charge in [-0.25, -0.2) is 0 Å². The van der Waals surface area contributed by atoms with Gasteiger partial charge in [-0.3, -0.25) is 4.79 Å². The minimum absolute atomic E-state index is 0.102. The minimum Gasteiger partial charge on any atom is -0.493 e. The SMILES string of the molecule is CCNC(C(=O)O)C1CCN(c2ccc(OC)c(OC)c2)C1. The van der Waals surface area contributed by atoms with Gasteiger partial charge in [-0.1, -0.05) is 6.92 Å². The number of likely N-dealkylation sites (N-methyl/N-ethyl adjacent to an activating group) is 1. The van der Waals surface area contributed by atoms with Gasteiger partial charge in [0, 0.05) is 30.8 Å². The number of carboxylic acids is 1. The molecule has 6 heteroatoms. The van der Waals surface area contributed by atoms with Gasteiger partial charge in [0.1, 0.15) is 6.04 Å². The number of nitrogens with one attached hydrogen (secondary N) is 1. The molecule has 2 atom stereocenters. The highest BCUT2D eigenvalue weighted by Crippen LogP contribution is 2.34. The van der Waals surface area contributed by atoms with Crippen molar-refractivity contribution in [3.05, 3.63) is 18.2 Å². The van der Waals surface area contributed by atoms with Crippen LogP contribution in [0.25, 0.3) is 0 Å². The van der Waals surface area contributed by atoms with Gasteiger partial charge in [0.25, 0.3) is 0 Å². The quantitative estimate of drug-likeness (QED) is 0.797. The van der Waals surface area contributed by atoms with Gasteiger partial charge < -0.3 is 24.8 Å². The topological polar surface area (TPSA) is 71.0 Å². The van der Waals surface area contributed by atoms with Crippen LogP contribution in [0.3, 0.4) is 0 Å². The molecule has 6 nitrogen and oxygen atoms in total. The van der Waals surface area contributed by atoms with Crippen molar-refractivity contribution in [1.82, 2.24) is 5.32 Å². The van der Waals surface area contributed by atoms with Crippen molar-refractivity contribution in [3.63, 3.8) is 0 Å². The van der Waals surface area contributed by atoms with E-state index >= 15 is 0 Å². The highest BCUT2D eigenvalue weighted by Gasteiger charge is 2.33. The smallest absolute Gasteiger partial charge is 0.321 e. The largest absolute Gasteiger partial charge is 0.493 e. The van der Waals surface area contributed by atoms with Crippen molar-refractivity contribution in [2.45, 2.75) is 19.4 Å². The second-order valence-electron chi connectivity index (χ2n) is 5.41. The number of aliphatic carboxylic acids is 1. The Morgan fingerprint density at radius 1 is 1.41 bits per heavy atom. The molecule has 0 aliphatic carbocycles. The third kappa shape index (κ3) is 3.44. The van der Waals surface area contributed by atoms with E-state index in [-0.39, 0.29) is 5.92 Å². The molecule has 0 bridgehead atoms. The van der Waals surface area contributed by atoms with E-state index in [1.807, 2.05) is 25.1 Å². The number of methoxy groups -OCH3 is 2. The minimum atomic E-state index is -0.777. The zero-order chi connectivity index (χ0) is 16.1. The first-order chi connectivity index (χ1) is 10.6. The summed E-state index contributed by atoms with van der Waals surface area (Å²) < 4.78 is 10.6. The Morgan fingerprint density at radius 2 is 2.14 bits per heavy atom. The molecule has 1 aliphatic heterocycles. The molecule has 1 aliphatic rings. The van der Waals surface area contributed by atoms with Crippen molar-refractivity contribution in [3.8, 4) is 11.5 Å². The Balaban J connectivity index is 2.11. The molecule has 0 spiro atoms. The third-order valence-electron chi connectivity index (χ3n) is 4.12. The van der Waals surface area contributed by atoms with Crippen LogP contribution in [0, 0.1) is 5.92 Å². The number of benzene rings is 1. The lowest BCUT2D eigenvalue weighted by molar-refractivity contribution is -0.140. The first-order valence-corrected chi connectivity index (χ1v) is 7.53. The summed E-state index contributed by atoms with van der Waals surface area (Å²) in [5.41, 5.74) is 1.03. The summed E-state index contributed by atoms with van der Waals surface area (Å²) in [6, 6.07) is 5.30. The van der Waals surface area contributed by atoms with E-state index in [0.29, 0.717) is 18.0 Å². The van der Waals surface area contributed by atoms with Crippen molar-refractivity contribution in [2.75, 3.05) is 38.8 Å². The zero-order valence-corrected chi connectivity index (χ0v) is 13.3. The highest BCUT2D eigenvalue weighted by molar-refractivity contribution is 5.74. The van der Waals surface area contributed by atoms with Crippen LogP contribution in [0.15, 0.2) is 18.2 Å². The Kier molecular flexibility index (Phi) is 5.49. The lowest BCUT2D eigenvalue weighted by Gasteiger charge is -2.23.